The summed E-state index contributed by atoms with van der Waals surface area (Å²) in [5, 5.41) is 20.7. The van der Waals surface area contributed by atoms with Gasteiger partial charge in [0.1, 0.15) is 18.5 Å². The normalized spacial score (nSPS) is 12.1. The highest BCUT2D eigenvalue weighted by Gasteiger charge is 2.15. The lowest BCUT2D eigenvalue weighted by Crippen LogP contribution is -2.24. The predicted molar refractivity (Wildman–Crippen MR) is 71.6 cm³/mol. The van der Waals surface area contributed by atoms with Crippen molar-refractivity contribution in [1.29, 1.82) is 0 Å². The molecule has 0 unspecified atom stereocenters. The van der Waals surface area contributed by atoms with Crippen LogP contribution in [0.25, 0.3) is 0 Å². The summed E-state index contributed by atoms with van der Waals surface area (Å²) in [5.74, 6) is 0.939. The molecule has 1 aromatic carbocycles. The summed E-state index contributed by atoms with van der Waals surface area (Å²) in [4.78, 5) is 14.4. The fourth-order valence-electron chi connectivity index (χ4n) is 1.79. The van der Waals surface area contributed by atoms with E-state index in [2.05, 4.69) is 4.98 Å². The van der Waals surface area contributed by atoms with Crippen molar-refractivity contribution in [3.05, 3.63) is 52.6 Å². The van der Waals surface area contributed by atoms with Crippen LogP contribution in [-0.2, 0) is 6.54 Å². The van der Waals surface area contributed by atoms with E-state index in [1.165, 1.54) is 12.1 Å². The molecule has 2 rings (SSSR count). The Morgan fingerprint density at radius 2 is 2.25 bits per heavy atom. The van der Waals surface area contributed by atoms with Crippen LogP contribution < -0.4 is 4.74 Å². The van der Waals surface area contributed by atoms with Crippen molar-refractivity contribution >= 4 is 5.69 Å². The molecule has 0 amide bonds. The van der Waals surface area contributed by atoms with Gasteiger partial charge in [-0.2, -0.15) is 0 Å². The van der Waals surface area contributed by atoms with E-state index in [1.807, 2.05) is 6.92 Å². The Morgan fingerprint density at radius 1 is 1.50 bits per heavy atom. The van der Waals surface area contributed by atoms with Crippen LogP contribution in [0.2, 0.25) is 0 Å². The first kappa shape index (κ1) is 14.0. The molecule has 0 radical (unpaired) electrons. The van der Waals surface area contributed by atoms with E-state index in [4.69, 9.17) is 4.74 Å². The van der Waals surface area contributed by atoms with Gasteiger partial charge in [-0.15, -0.1) is 0 Å². The van der Waals surface area contributed by atoms with Gasteiger partial charge in [0.15, 0.2) is 5.75 Å². The third kappa shape index (κ3) is 3.33. The Bertz CT molecular complexity index is 597. The highest BCUT2D eigenvalue weighted by Crippen LogP contribution is 2.25. The molecule has 7 heteroatoms. The molecule has 106 valence electrons. The molecule has 20 heavy (non-hydrogen) atoms. The van der Waals surface area contributed by atoms with Crippen LogP contribution in [-0.4, -0.2) is 32.3 Å². The lowest BCUT2D eigenvalue weighted by Gasteiger charge is -2.13. The number of ether oxygens (including phenoxy) is 1. The van der Waals surface area contributed by atoms with Crippen molar-refractivity contribution in [2.24, 2.45) is 0 Å². The van der Waals surface area contributed by atoms with E-state index in [0.29, 0.717) is 6.54 Å². The van der Waals surface area contributed by atoms with Crippen LogP contribution in [0.4, 0.5) is 5.69 Å². The SMILES string of the molecule is Cc1nccn1C[C@H](O)COc1ccccc1[N+](=O)[O-]. The van der Waals surface area contributed by atoms with Gasteiger partial charge in [0, 0.05) is 18.5 Å². The highest BCUT2D eigenvalue weighted by molar-refractivity contribution is 5.45. The zero-order chi connectivity index (χ0) is 14.5. The highest BCUT2D eigenvalue weighted by atomic mass is 16.6. The fourth-order valence-corrected chi connectivity index (χ4v) is 1.79. The fraction of sp³-hybridized carbons (Fsp3) is 0.308. The summed E-state index contributed by atoms with van der Waals surface area (Å²) in [6.45, 7) is 2.13. The number of hydrogen-bond donors (Lipinski definition) is 1. The van der Waals surface area contributed by atoms with Crippen molar-refractivity contribution in [2.75, 3.05) is 6.61 Å². The molecule has 0 saturated carbocycles. The topological polar surface area (TPSA) is 90.4 Å². The van der Waals surface area contributed by atoms with Crippen LogP contribution in [0.1, 0.15) is 5.82 Å². The number of aliphatic hydroxyl groups is 1. The number of para-hydroxylation sites is 2. The standard InChI is InChI=1S/C13H15N3O4/c1-10-14-6-7-15(10)8-11(17)9-20-13-5-3-2-4-12(13)16(18)19/h2-7,11,17H,8-9H2,1H3/t11-/m0/s1. The van der Waals surface area contributed by atoms with Gasteiger partial charge in [-0.3, -0.25) is 10.1 Å². The molecule has 0 saturated heterocycles. The molecular formula is C13H15N3O4. The summed E-state index contributed by atoms with van der Waals surface area (Å²) in [6, 6.07) is 6.08. The largest absolute Gasteiger partial charge is 0.484 e. The maximum Gasteiger partial charge on any atom is 0.310 e. The van der Waals surface area contributed by atoms with Crippen molar-refractivity contribution in [1.82, 2.24) is 9.55 Å². The van der Waals surface area contributed by atoms with Crippen LogP contribution in [0.3, 0.4) is 0 Å². The van der Waals surface area contributed by atoms with Gasteiger partial charge < -0.3 is 14.4 Å². The Hall–Kier alpha value is -2.41. The van der Waals surface area contributed by atoms with E-state index in [-0.39, 0.29) is 18.0 Å². The Morgan fingerprint density at radius 3 is 2.90 bits per heavy atom. The molecule has 0 bridgehead atoms. The summed E-state index contributed by atoms with van der Waals surface area (Å²) >= 11 is 0. The number of nitro groups is 1. The smallest absolute Gasteiger partial charge is 0.310 e. The Balaban J connectivity index is 1.95. The first-order valence-corrected chi connectivity index (χ1v) is 6.10. The number of rotatable bonds is 6. The second kappa shape index (κ2) is 6.16. The molecule has 1 atom stereocenters. The predicted octanol–water partition coefficient (Wildman–Crippen LogP) is 1.54. The molecule has 0 aliphatic heterocycles. The van der Waals surface area contributed by atoms with Crippen molar-refractivity contribution < 1.29 is 14.8 Å². The van der Waals surface area contributed by atoms with E-state index >= 15 is 0 Å². The summed E-state index contributed by atoms with van der Waals surface area (Å²) < 4.78 is 7.11. The van der Waals surface area contributed by atoms with Gasteiger partial charge in [0.05, 0.1) is 11.5 Å². The Labute approximate surface area is 115 Å². The van der Waals surface area contributed by atoms with Crippen LogP contribution >= 0.6 is 0 Å². The zero-order valence-corrected chi connectivity index (χ0v) is 11.0. The second-order valence-electron chi connectivity index (χ2n) is 4.32. The minimum Gasteiger partial charge on any atom is -0.484 e. The molecule has 1 N–H and O–H groups in total. The molecular weight excluding hydrogens is 262 g/mol. The number of aliphatic hydroxyl groups excluding tert-OH is 1. The molecule has 0 fully saturated rings. The van der Waals surface area contributed by atoms with E-state index < -0.39 is 11.0 Å². The first-order chi connectivity index (χ1) is 9.58. The van der Waals surface area contributed by atoms with Gasteiger partial charge in [0.2, 0.25) is 0 Å². The number of hydrogen-bond acceptors (Lipinski definition) is 5. The van der Waals surface area contributed by atoms with Gasteiger partial charge in [-0.05, 0) is 13.0 Å². The average molecular weight is 277 g/mol. The Kier molecular flexibility index (Phi) is 4.31. The summed E-state index contributed by atoms with van der Waals surface area (Å²) in [7, 11) is 0. The lowest BCUT2D eigenvalue weighted by molar-refractivity contribution is -0.385. The molecule has 2 aromatic rings. The minimum atomic E-state index is -0.775. The third-order valence-electron chi connectivity index (χ3n) is 2.82. The third-order valence-corrected chi connectivity index (χ3v) is 2.82. The molecule has 1 aromatic heterocycles. The number of aromatic nitrogens is 2. The number of benzene rings is 1. The van der Waals surface area contributed by atoms with Gasteiger partial charge in [-0.25, -0.2) is 4.98 Å². The van der Waals surface area contributed by atoms with E-state index in [1.54, 1.807) is 29.1 Å². The van der Waals surface area contributed by atoms with Gasteiger partial charge >= 0.3 is 5.69 Å². The monoisotopic (exact) mass is 277 g/mol. The maximum atomic E-state index is 10.8. The minimum absolute atomic E-state index is 0.0253. The van der Waals surface area contributed by atoms with Crippen molar-refractivity contribution in [2.45, 2.75) is 19.6 Å². The molecule has 0 aliphatic carbocycles. The van der Waals surface area contributed by atoms with Gasteiger partial charge in [-0.1, -0.05) is 12.1 Å². The first-order valence-electron chi connectivity index (χ1n) is 6.10. The number of imidazole rings is 1. The quantitative estimate of drug-likeness (QED) is 0.639. The van der Waals surface area contributed by atoms with Crippen LogP contribution in [0.5, 0.6) is 5.75 Å². The molecule has 1 heterocycles. The lowest BCUT2D eigenvalue weighted by atomic mass is 10.3. The van der Waals surface area contributed by atoms with Gasteiger partial charge in [0.25, 0.3) is 0 Å². The molecule has 0 aliphatic rings. The number of nitrogens with zero attached hydrogens (tertiary/aromatic N) is 3. The maximum absolute atomic E-state index is 10.8. The number of aryl methyl sites for hydroxylation is 1. The molecule has 0 spiro atoms. The molecule has 7 nitrogen and oxygen atoms in total. The van der Waals surface area contributed by atoms with Crippen molar-refractivity contribution in [3.63, 3.8) is 0 Å². The summed E-state index contributed by atoms with van der Waals surface area (Å²) in [5.41, 5.74) is -0.112. The number of nitro benzene ring substituents is 1. The van der Waals surface area contributed by atoms with E-state index in [0.717, 1.165) is 5.82 Å². The average Bonchev–Trinajstić information content (AvgIpc) is 2.82. The summed E-state index contributed by atoms with van der Waals surface area (Å²) in [6.07, 6.45) is 2.62. The zero-order valence-electron chi connectivity index (χ0n) is 11.0. The van der Waals surface area contributed by atoms with Crippen LogP contribution in [0, 0.1) is 17.0 Å². The second-order valence-corrected chi connectivity index (χ2v) is 4.32. The van der Waals surface area contributed by atoms with E-state index in [9.17, 15) is 15.2 Å². The van der Waals surface area contributed by atoms with Crippen molar-refractivity contribution in [3.8, 4) is 5.75 Å². The van der Waals surface area contributed by atoms with Crippen LogP contribution in [0.15, 0.2) is 36.7 Å².